The van der Waals surface area contributed by atoms with E-state index in [-0.39, 0.29) is 23.9 Å². The Morgan fingerprint density at radius 2 is 1.87 bits per heavy atom. The van der Waals surface area contributed by atoms with Gasteiger partial charge in [0.25, 0.3) is 0 Å². The molecule has 0 aliphatic carbocycles. The summed E-state index contributed by atoms with van der Waals surface area (Å²) >= 11 is 0. The maximum absolute atomic E-state index is 12.4. The first-order valence-corrected chi connectivity index (χ1v) is 7.52. The Hall–Kier alpha value is -2.54. The SMILES string of the molecule is CC(=O)c1nnn(CC(=O)N2CCOCC2)c1-c1ccccc1. The fourth-order valence-corrected chi connectivity index (χ4v) is 2.58. The van der Waals surface area contributed by atoms with Crippen molar-refractivity contribution in [2.24, 2.45) is 0 Å². The van der Waals surface area contributed by atoms with Gasteiger partial charge in [-0.15, -0.1) is 5.10 Å². The van der Waals surface area contributed by atoms with E-state index >= 15 is 0 Å². The van der Waals surface area contributed by atoms with E-state index < -0.39 is 0 Å². The van der Waals surface area contributed by atoms with Crippen molar-refractivity contribution in [3.63, 3.8) is 0 Å². The first kappa shape index (κ1) is 15.4. The highest BCUT2D eigenvalue weighted by molar-refractivity contribution is 5.98. The highest BCUT2D eigenvalue weighted by Crippen LogP contribution is 2.22. The van der Waals surface area contributed by atoms with Gasteiger partial charge in [-0.3, -0.25) is 9.59 Å². The zero-order chi connectivity index (χ0) is 16.2. The summed E-state index contributed by atoms with van der Waals surface area (Å²) in [7, 11) is 0. The van der Waals surface area contributed by atoms with Crippen molar-refractivity contribution < 1.29 is 14.3 Å². The number of ether oxygens (including phenoxy) is 1. The third kappa shape index (κ3) is 3.29. The van der Waals surface area contributed by atoms with Crippen LogP contribution in [0.1, 0.15) is 17.4 Å². The van der Waals surface area contributed by atoms with Gasteiger partial charge in [0.15, 0.2) is 11.5 Å². The fraction of sp³-hybridized carbons (Fsp3) is 0.375. The van der Waals surface area contributed by atoms with Gasteiger partial charge in [0.1, 0.15) is 12.2 Å². The van der Waals surface area contributed by atoms with Crippen LogP contribution in [0.4, 0.5) is 0 Å². The number of amides is 1. The van der Waals surface area contributed by atoms with Crippen LogP contribution < -0.4 is 0 Å². The van der Waals surface area contributed by atoms with Crippen LogP contribution in [0.2, 0.25) is 0 Å². The number of rotatable bonds is 4. The molecule has 1 saturated heterocycles. The molecule has 0 saturated carbocycles. The summed E-state index contributed by atoms with van der Waals surface area (Å²) in [5, 5.41) is 7.97. The largest absolute Gasteiger partial charge is 0.378 e. The van der Waals surface area contributed by atoms with Crippen LogP contribution in [-0.2, 0) is 16.1 Å². The third-order valence-corrected chi connectivity index (χ3v) is 3.76. The predicted octanol–water partition coefficient (Wildman–Crippen LogP) is 1.01. The van der Waals surface area contributed by atoms with Crippen molar-refractivity contribution in [1.29, 1.82) is 0 Å². The van der Waals surface area contributed by atoms with Crippen LogP contribution in [0.5, 0.6) is 0 Å². The Morgan fingerprint density at radius 3 is 2.52 bits per heavy atom. The second kappa shape index (κ2) is 6.70. The molecule has 1 aliphatic heterocycles. The average molecular weight is 314 g/mol. The summed E-state index contributed by atoms with van der Waals surface area (Å²) in [4.78, 5) is 26.0. The topological polar surface area (TPSA) is 77.3 Å². The van der Waals surface area contributed by atoms with Crippen LogP contribution in [0, 0.1) is 0 Å². The van der Waals surface area contributed by atoms with Gasteiger partial charge >= 0.3 is 0 Å². The van der Waals surface area contributed by atoms with E-state index in [0.717, 1.165) is 5.56 Å². The number of nitrogens with zero attached hydrogens (tertiary/aromatic N) is 4. The molecule has 7 nitrogen and oxygen atoms in total. The molecule has 120 valence electrons. The average Bonchev–Trinajstić information content (AvgIpc) is 3.00. The van der Waals surface area contributed by atoms with Crippen molar-refractivity contribution in [2.75, 3.05) is 26.3 Å². The van der Waals surface area contributed by atoms with Gasteiger partial charge in [0, 0.05) is 25.6 Å². The van der Waals surface area contributed by atoms with E-state index in [1.807, 2.05) is 30.3 Å². The van der Waals surface area contributed by atoms with Crippen LogP contribution in [0.15, 0.2) is 30.3 Å². The lowest BCUT2D eigenvalue weighted by atomic mass is 10.1. The number of aromatic nitrogens is 3. The van der Waals surface area contributed by atoms with Crippen molar-refractivity contribution in [3.05, 3.63) is 36.0 Å². The molecular weight excluding hydrogens is 296 g/mol. The van der Waals surface area contributed by atoms with Crippen LogP contribution in [0.25, 0.3) is 11.3 Å². The molecule has 3 rings (SSSR count). The van der Waals surface area contributed by atoms with Gasteiger partial charge < -0.3 is 9.64 Å². The van der Waals surface area contributed by atoms with Gasteiger partial charge in [-0.2, -0.15) is 0 Å². The molecule has 0 N–H and O–H groups in total. The summed E-state index contributed by atoms with van der Waals surface area (Å²) in [5.41, 5.74) is 1.68. The minimum atomic E-state index is -0.172. The normalized spacial score (nSPS) is 14.7. The minimum absolute atomic E-state index is 0.0505. The third-order valence-electron chi connectivity index (χ3n) is 3.76. The molecule has 1 amide bonds. The first-order valence-electron chi connectivity index (χ1n) is 7.52. The van der Waals surface area contributed by atoms with Gasteiger partial charge in [0.2, 0.25) is 5.91 Å². The van der Waals surface area contributed by atoms with Crippen molar-refractivity contribution in [2.45, 2.75) is 13.5 Å². The summed E-state index contributed by atoms with van der Waals surface area (Å²) in [6, 6.07) is 9.40. The lowest BCUT2D eigenvalue weighted by Crippen LogP contribution is -2.42. The molecule has 7 heteroatoms. The summed E-state index contributed by atoms with van der Waals surface area (Å²) in [6.07, 6.45) is 0. The molecule has 2 heterocycles. The number of hydrogen-bond donors (Lipinski definition) is 0. The smallest absolute Gasteiger partial charge is 0.244 e. The number of carbonyl (C=O) groups excluding carboxylic acids is 2. The molecule has 1 aromatic carbocycles. The van der Waals surface area contributed by atoms with Gasteiger partial charge in [-0.1, -0.05) is 35.5 Å². The Kier molecular flexibility index (Phi) is 4.47. The maximum atomic E-state index is 12.4. The molecule has 0 spiro atoms. The Labute approximate surface area is 133 Å². The zero-order valence-electron chi connectivity index (χ0n) is 12.9. The molecule has 0 unspecified atom stereocenters. The molecule has 0 radical (unpaired) electrons. The van der Waals surface area contributed by atoms with Crippen molar-refractivity contribution >= 4 is 11.7 Å². The molecule has 0 bridgehead atoms. The van der Waals surface area contributed by atoms with E-state index in [0.29, 0.717) is 32.0 Å². The highest BCUT2D eigenvalue weighted by atomic mass is 16.5. The molecule has 1 fully saturated rings. The van der Waals surface area contributed by atoms with E-state index in [1.165, 1.54) is 11.6 Å². The molecule has 23 heavy (non-hydrogen) atoms. The number of ketones is 1. The Morgan fingerprint density at radius 1 is 1.17 bits per heavy atom. The second-order valence-corrected chi connectivity index (χ2v) is 5.36. The van der Waals surface area contributed by atoms with Gasteiger partial charge in [0.05, 0.1) is 13.2 Å². The number of hydrogen-bond acceptors (Lipinski definition) is 5. The number of benzene rings is 1. The monoisotopic (exact) mass is 314 g/mol. The number of Topliss-reactive ketones (excluding diaryl/α,β-unsaturated/α-hetero) is 1. The highest BCUT2D eigenvalue weighted by Gasteiger charge is 2.22. The quantitative estimate of drug-likeness (QED) is 0.787. The molecule has 2 aromatic rings. The lowest BCUT2D eigenvalue weighted by Gasteiger charge is -2.26. The number of carbonyl (C=O) groups is 2. The molecule has 1 aromatic heterocycles. The van der Waals surface area contributed by atoms with Crippen LogP contribution >= 0.6 is 0 Å². The fourth-order valence-electron chi connectivity index (χ4n) is 2.58. The summed E-state index contributed by atoms with van der Waals surface area (Å²) < 4.78 is 6.76. The van der Waals surface area contributed by atoms with Crippen molar-refractivity contribution in [3.8, 4) is 11.3 Å². The van der Waals surface area contributed by atoms with Crippen LogP contribution in [0.3, 0.4) is 0 Å². The summed E-state index contributed by atoms with van der Waals surface area (Å²) in [5.74, 6) is -0.223. The molecule has 0 atom stereocenters. The molecule has 1 aliphatic rings. The van der Waals surface area contributed by atoms with Crippen molar-refractivity contribution in [1.82, 2.24) is 19.9 Å². The van der Waals surface area contributed by atoms with Gasteiger partial charge in [-0.05, 0) is 0 Å². The maximum Gasteiger partial charge on any atom is 0.244 e. The zero-order valence-corrected chi connectivity index (χ0v) is 12.9. The Balaban J connectivity index is 1.90. The predicted molar refractivity (Wildman–Crippen MR) is 82.9 cm³/mol. The van der Waals surface area contributed by atoms with E-state index in [2.05, 4.69) is 10.3 Å². The van der Waals surface area contributed by atoms with E-state index in [9.17, 15) is 9.59 Å². The minimum Gasteiger partial charge on any atom is -0.378 e. The standard InChI is InChI=1S/C16H18N4O3/c1-12(21)15-16(13-5-3-2-4-6-13)20(18-17-15)11-14(22)19-7-9-23-10-8-19/h2-6H,7-11H2,1H3. The van der Waals surface area contributed by atoms with E-state index in [1.54, 1.807) is 4.90 Å². The van der Waals surface area contributed by atoms with E-state index in [4.69, 9.17) is 4.74 Å². The Bertz CT molecular complexity index is 705. The lowest BCUT2D eigenvalue weighted by molar-refractivity contribution is -0.136. The molecular formula is C16H18N4O3. The first-order chi connectivity index (χ1) is 11.2. The number of morpholine rings is 1. The second-order valence-electron chi connectivity index (χ2n) is 5.36. The van der Waals surface area contributed by atoms with Crippen LogP contribution in [-0.4, -0.2) is 57.9 Å². The summed E-state index contributed by atoms with van der Waals surface area (Å²) in [6.45, 7) is 3.76. The van der Waals surface area contributed by atoms with Gasteiger partial charge in [-0.25, -0.2) is 4.68 Å².